The summed E-state index contributed by atoms with van der Waals surface area (Å²) in [5.74, 6) is 1.63. The van der Waals surface area contributed by atoms with Gasteiger partial charge in [-0.1, -0.05) is 17.7 Å². The number of nitrogens with zero attached hydrogens (tertiary/aromatic N) is 3. The van der Waals surface area contributed by atoms with Crippen molar-refractivity contribution < 1.29 is 14.3 Å². The zero-order valence-electron chi connectivity index (χ0n) is 15.1. The molecular weight excluding hydrogens is 318 g/mol. The fourth-order valence-corrected chi connectivity index (χ4v) is 3.17. The molecule has 1 aliphatic heterocycles. The Kier molecular flexibility index (Phi) is 5.38. The van der Waals surface area contributed by atoms with Crippen LogP contribution in [0.25, 0.3) is 0 Å². The van der Waals surface area contributed by atoms with Crippen molar-refractivity contribution in [2.45, 2.75) is 32.9 Å². The molecule has 2 heterocycles. The zero-order valence-corrected chi connectivity index (χ0v) is 15.1. The standard InChI is InChI=1S/C19H25N3O3/c1-14-4-6-17(7-5-14)25-13-18(23)21-9-10-22-16(8-11-24-3)12-20-19(22)15(21)2/h4-7,12,15H,8-11,13H2,1-3H3. The highest BCUT2D eigenvalue weighted by Crippen LogP contribution is 2.25. The minimum absolute atomic E-state index is 0.0132. The minimum atomic E-state index is -0.0563. The van der Waals surface area contributed by atoms with Gasteiger partial charge in [0, 0.05) is 38.5 Å². The summed E-state index contributed by atoms with van der Waals surface area (Å²) >= 11 is 0. The van der Waals surface area contributed by atoms with Crippen molar-refractivity contribution in [3.8, 4) is 5.75 Å². The molecule has 6 heteroatoms. The van der Waals surface area contributed by atoms with Crippen LogP contribution in [-0.2, 0) is 22.5 Å². The van der Waals surface area contributed by atoms with Gasteiger partial charge in [0.1, 0.15) is 11.6 Å². The van der Waals surface area contributed by atoms with Crippen molar-refractivity contribution in [3.05, 3.63) is 47.5 Å². The molecular formula is C19H25N3O3. The van der Waals surface area contributed by atoms with Crippen LogP contribution < -0.4 is 4.74 Å². The second kappa shape index (κ2) is 7.70. The van der Waals surface area contributed by atoms with Gasteiger partial charge in [0.15, 0.2) is 6.61 Å². The first-order chi connectivity index (χ1) is 12.1. The molecule has 0 N–H and O–H groups in total. The fourth-order valence-electron chi connectivity index (χ4n) is 3.17. The van der Waals surface area contributed by atoms with E-state index in [0.717, 1.165) is 24.5 Å². The Balaban J connectivity index is 1.62. The summed E-state index contributed by atoms with van der Waals surface area (Å²) in [4.78, 5) is 18.9. The SMILES string of the molecule is COCCc1cnc2n1CCN(C(=O)COc1ccc(C)cc1)C2C. The number of rotatable bonds is 6. The number of carbonyl (C=O) groups is 1. The molecule has 0 radical (unpaired) electrons. The first-order valence-corrected chi connectivity index (χ1v) is 8.62. The van der Waals surface area contributed by atoms with E-state index in [0.29, 0.717) is 18.9 Å². The highest BCUT2D eigenvalue weighted by Gasteiger charge is 2.30. The van der Waals surface area contributed by atoms with E-state index in [4.69, 9.17) is 9.47 Å². The topological polar surface area (TPSA) is 56.6 Å². The van der Waals surface area contributed by atoms with Gasteiger partial charge in [0.25, 0.3) is 5.91 Å². The average Bonchev–Trinajstić information content (AvgIpc) is 3.03. The van der Waals surface area contributed by atoms with Gasteiger partial charge in [-0.25, -0.2) is 4.98 Å². The van der Waals surface area contributed by atoms with Crippen LogP contribution in [0.1, 0.15) is 30.0 Å². The molecule has 2 aromatic rings. The second-order valence-corrected chi connectivity index (χ2v) is 6.37. The van der Waals surface area contributed by atoms with Crippen molar-refractivity contribution in [2.24, 2.45) is 0 Å². The van der Waals surface area contributed by atoms with Crippen LogP contribution in [0.3, 0.4) is 0 Å². The number of carbonyl (C=O) groups excluding carboxylic acids is 1. The number of hydrogen-bond donors (Lipinski definition) is 0. The van der Waals surface area contributed by atoms with Gasteiger partial charge < -0.3 is 18.9 Å². The molecule has 0 bridgehead atoms. The largest absolute Gasteiger partial charge is 0.484 e. The van der Waals surface area contributed by atoms with E-state index in [1.54, 1.807) is 7.11 Å². The van der Waals surface area contributed by atoms with Crippen molar-refractivity contribution >= 4 is 5.91 Å². The lowest BCUT2D eigenvalue weighted by atomic mass is 10.2. The van der Waals surface area contributed by atoms with E-state index >= 15 is 0 Å². The summed E-state index contributed by atoms with van der Waals surface area (Å²) < 4.78 is 13.0. The van der Waals surface area contributed by atoms with Crippen LogP contribution in [0.15, 0.2) is 30.5 Å². The zero-order chi connectivity index (χ0) is 17.8. The molecule has 1 unspecified atom stereocenters. The molecule has 0 saturated carbocycles. The minimum Gasteiger partial charge on any atom is -0.484 e. The predicted molar refractivity (Wildman–Crippen MR) is 94.6 cm³/mol. The number of benzene rings is 1. The van der Waals surface area contributed by atoms with Crippen LogP contribution in [0, 0.1) is 6.92 Å². The molecule has 1 atom stereocenters. The van der Waals surface area contributed by atoms with Gasteiger partial charge in [0.2, 0.25) is 0 Å². The molecule has 6 nitrogen and oxygen atoms in total. The number of aryl methyl sites for hydroxylation is 1. The first kappa shape index (κ1) is 17.5. The summed E-state index contributed by atoms with van der Waals surface area (Å²) in [6, 6.07) is 7.66. The molecule has 134 valence electrons. The molecule has 1 aliphatic rings. The molecule has 1 aromatic heterocycles. The van der Waals surface area contributed by atoms with E-state index in [1.165, 1.54) is 5.56 Å². The lowest BCUT2D eigenvalue weighted by molar-refractivity contribution is -0.136. The summed E-state index contributed by atoms with van der Waals surface area (Å²) in [6.45, 7) is 6.18. The maximum absolute atomic E-state index is 12.6. The van der Waals surface area contributed by atoms with Gasteiger partial charge in [-0.3, -0.25) is 4.79 Å². The number of amides is 1. The number of hydrogen-bond acceptors (Lipinski definition) is 4. The Bertz CT molecular complexity index is 724. The molecule has 1 aromatic carbocycles. The molecule has 0 saturated heterocycles. The van der Waals surface area contributed by atoms with Crippen molar-refractivity contribution in [3.63, 3.8) is 0 Å². The van der Waals surface area contributed by atoms with Crippen LogP contribution in [-0.4, -0.2) is 47.2 Å². The lowest BCUT2D eigenvalue weighted by Gasteiger charge is -2.34. The second-order valence-electron chi connectivity index (χ2n) is 6.37. The average molecular weight is 343 g/mol. The summed E-state index contributed by atoms with van der Waals surface area (Å²) in [5, 5.41) is 0. The Morgan fingerprint density at radius 1 is 1.28 bits per heavy atom. The van der Waals surface area contributed by atoms with Gasteiger partial charge in [-0.2, -0.15) is 0 Å². The van der Waals surface area contributed by atoms with Crippen molar-refractivity contribution in [1.29, 1.82) is 0 Å². The third-order valence-electron chi connectivity index (χ3n) is 4.64. The number of imidazole rings is 1. The predicted octanol–water partition coefficient (Wildman–Crippen LogP) is 2.36. The Labute approximate surface area is 148 Å². The first-order valence-electron chi connectivity index (χ1n) is 8.62. The van der Waals surface area contributed by atoms with E-state index in [9.17, 15) is 4.79 Å². The molecule has 25 heavy (non-hydrogen) atoms. The van der Waals surface area contributed by atoms with Crippen molar-refractivity contribution in [1.82, 2.24) is 14.5 Å². The number of ether oxygens (including phenoxy) is 2. The monoisotopic (exact) mass is 343 g/mol. The van der Waals surface area contributed by atoms with Crippen LogP contribution in [0.5, 0.6) is 5.75 Å². The normalized spacial score (nSPS) is 16.6. The van der Waals surface area contributed by atoms with Crippen LogP contribution >= 0.6 is 0 Å². The van der Waals surface area contributed by atoms with Gasteiger partial charge in [-0.15, -0.1) is 0 Å². The Morgan fingerprint density at radius 3 is 2.76 bits per heavy atom. The van der Waals surface area contributed by atoms with Crippen LogP contribution in [0.4, 0.5) is 0 Å². The number of fused-ring (bicyclic) bond motifs is 1. The maximum atomic E-state index is 12.6. The third-order valence-corrected chi connectivity index (χ3v) is 4.64. The highest BCUT2D eigenvalue weighted by molar-refractivity contribution is 5.78. The third kappa shape index (κ3) is 3.85. The molecule has 0 aliphatic carbocycles. The molecule has 0 spiro atoms. The van der Waals surface area contributed by atoms with Gasteiger partial charge in [-0.05, 0) is 26.0 Å². The Morgan fingerprint density at radius 2 is 2.04 bits per heavy atom. The fraction of sp³-hybridized carbons (Fsp3) is 0.474. The van der Waals surface area contributed by atoms with Gasteiger partial charge in [0.05, 0.1) is 12.6 Å². The Hall–Kier alpha value is -2.34. The van der Waals surface area contributed by atoms with Gasteiger partial charge >= 0.3 is 0 Å². The van der Waals surface area contributed by atoms with E-state index in [2.05, 4.69) is 9.55 Å². The molecule has 1 amide bonds. The van der Waals surface area contributed by atoms with E-state index in [1.807, 2.05) is 49.2 Å². The highest BCUT2D eigenvalue weighted by atomic mass is 16.5. The maximum Gasteiger partial charge on any atom is 0.261 e. The quantitative estimate of drug-likeness (QED) is 0.808. The van der Waals surface area contributed by atoms with Crippen LogP contribution in [0.2, 0.25) is 0 Å². The number of methoxy groups -OCH3 is 1. The van der Waals surface area contributed by atoms with E-state index < -0.39 is 0 Å². The summed E-state index contributed by atoms with van der Waals surface area (Å²) in [6.07, 6.45) is 2.72. The lowest BCUT2D eigenvalue weighted by Crippen LogP contribution is -2.43. The van der Waals surface area contributed by atoms with Crippen molar-refractivity contribution in [2.75, 3.05) is 26.9 Å². The summed E-state index contributed by atoms with van der Waals surface area (Å²) in [5.41, 5.74) is 2.33. The molecule has 0 fully saturated rings. The summed E-state index contributed by atoms with van der Waals surface area (Å²) in [7, 11) is 1.70. The number of aromatic nitrogens is 2. The smallest absolute Gasteiger partial charge is 0.261 e. The molecule has 3 rings (SSSR count). The van der Waals surface area contributed by atoms with E-state index in [-0.39, 0.29) is 18.6 Å².